The molecule has 144 valence electrons. The Bertz CT molecular complexity index is 1100. The molecule has 1 saturated carbocycles. The molecule has 1 aromatic heterocycles. The van der Waals surface area contributed by atoms with Gasteiger partial charge in [-0.2, -0.15) is 13.2 Å². The Morgan fingerprint density at radius 2 is 1.86 bits per heavy atom. The highest BCUT2D eigenvalue weighted by atomic mass is 19.4. The number of benzene rings is 2. The molecule has 0 amide bonds. The lowest BCUT2D eigenvalue weighted by molar-refractivity contribution is -0.136. The predicted molar refractivity (Wildman–Crippen MR) is 99.5 cm³/mol. The largest absolute Gasteiger partial charge is 0.454 e. The minimum Gasteiger partial charge on any atom is -0.454 e. The molecule has 28 heavy (non-hydrogen) atoms. The summed E-state index contributed by atoms with van der Waals surface area (Å²) in [5, 5.41) is 3.48. The van der Waals surface area contributed by atoms with Crippen LogP contribution in [0, 0.1) is 0 Å². The van der Waals surface area contributed by atoms with E-state index >= 15 is 0 Å². The van der Waals surface area contributed by atoms with Crippen LogP contribution in [0.25, 0.3) is 10.9 Å². The fraction of sp³-hybridized carbons (Fsp3) is 0.238. The molecule has 1 aliphatic heterocycles. The number of fused-ring (bicyclic) bond motifs is 2. The van der Waals surface area contributed by atoms with E-state index in [-0.39, 0.29) is 12.5 Å². The summed E-state index contributed by atoms with van der Waals surface area (Å²) < 4.78 is 51.6. The zero-order valence-corrected chi connectivity index (χ0v) is 14.8. The van der Waals surface area contributed by atoms with Crippen molar-refractivity contribution in [3.05, 3.63) is 66.0 Å². The van der Waals surface area contributed by atoms with E-state index in [1.165, 1.54) is 6.07 Å². The number of aromatic amines is 1. The molecule has 4 nitrogen and oxygen atoms in total. The lowest BCUT2D eigenvalue weighted by Gasteiger charge is -2.23. The molecular formula is C21H17F3N2O2. The maximum atomic E-state index is 13.6. The van der Waals surface area contributed by atoms with Crippen molar-refractivity contribution in [2.75, 3.05) is 12.1 Å². The number of anilines is 1. The van der Waals surface area contributed by atoms with E-state index in [0.717, 1.165) is 24.5 Å². The predicted octanol–water partition coefficient (Wildman–Crippen LogP) is 5.57. The van der Waals surface area contributed by atoms with Gasteiger partial charge >= 0.3 is 6.18 Å². The zero-order chi connectivity index (χ0) is 19.5. The Morgan fingerprint density at radius 1 is 1.07 bits per heavy atom. The van der Waals surface area contributed by atoms with Crippen LogP contribution in [0.4, 0.5) is 18.9 Å². The van der Waals surface area contributed by atoms with Crippen molar-refractivity contribution in [2.45, 2.75) is 24.4 Å². The molecule has 0 radical (unpaired) electrons. The van der Waals surface area contributed by atoms with Gasteiger partial charge in [-0.15, -0.1) is 0 Å². The van der Waals surface area contributed by atoms with Gasteiger partial charge < -0.3 is 19.8 Å². The van der Waals surface area contributed by atoms with Crippen molar-refractivity contribution in [1.29, 1.82) is 0 Å². The van der Waals surface area contributed by atoms with Crippen LogP contribution in [0.5, 0.6) is 11.5 Å². The van der Waals surface area contributed by atoms with Crippen LogP contribution >= 0.6 is 0 Å². The normalized spacial score (nSPS) is 17.0. The van der Waals surface area contributed by atoms with Crippen LogP contribution in [0.1, 0.15) is 24.0 Å². The number of aromatic nitrogens is 1. The van der Waals surface area contributed by atoms with Gasteiger partial charge in [-0.1, -0.05) is 12.6 Å². The SMILES string of the molecule is C=C(Nc1cc2[nH]ccc2cc1C(F)(F)F)C1(c2ccc3c(c2)OCO3)CC1. The van der Waals surface area contributed by atoms with Gasteiger partial charge in [-0.25, -0.2) is 0 Å². The van der Waals surface area contributed by atoms with E-state index in [1.807, 2.05) is 18.2 Å². The molecule has 2 aliphatic rings. The van der Waals surface area contributed by atoms with E-state index in [0.29, 0.717) is 28.1 Å². The van der Waals surface area contributed by atoms with Gasteiger partial charge in [0.25, 0.3) is 0 Å². The van der Waals surface area contributed by atoms with E-state index in [2.05, 4.69) is 16.9 Å². The van der Waals surface area contributed by atoms with Gasteiger partial charge in [-0.05, 0) is 48.7 Å². The molecule has 5 rings (SSSR count). The van der Waals surface area contributed by atoms with E-state index in [9.17, 15) is 13.2 Å². The molecule has 2 N–H and O–H groups in total. The fourth-order valence-corrected chi connectivity index (χ4v) is 3.80. The molecule has 7 heteroatoms. The molecule has 2 aromatic carbocycles. The Kier molecular flexibility index (Phi) is 3.47. The summed E-state index contributed by atoms with van der Waals surface area (Å²) in [6, 6.07) is 9.91. The molecule has 2 heterocycles. The number of ether oxygens (including phenoxy) is 2. The summed E-state index contributed by atoms with van der Waals surface area (Å²) in [5.41, 5.74) is 1.03. The van der Waals surface area contributed by atoms with Crippen molar-refractivity contribution < 1.29 is 22.6 Å². The van der Waals surface area contributed by atoms with Gasteiger partial charge in [0.05, 0.1) is 11.3 Å². The Hall–Kier alpha value is -3.09. The number of rotatable bonds is 4. The standard InChI is InChI=1S/C21H17F3N2O2/c1-12(20(5-6-20)14-2-3-18-19(9-14)28-11-27-18)26-17-10-16-13(4-7-25-16)8-15(17)21(22,23)24/h2-4,7-10,25-26H,1,5-6,11H2. The Labute approximate surface area is 159 Å². The first-order valence-electron chi connectivity index (χ1n) is 8.92. The van der Waals surface area contributed by atoms with Crippen LogP contribution < -0.4 is 14.8 Å². The van der Waals surface area contributed by atoms with Crippen molar-refractivity contribution in [3.8, 4) is 11.5 Å². The highest BCUT2D eigenvalue weighted by molar-refractivity contribution is 5.85. The van der Waals surface area contributed by atoms with Crippen LogP contribution in [-0.2, 0) is 11.6 Å². The second kappa shape index (κ2) is 5.70. The molecule has 0 atom stereocenters. The Morgan fingerprint density at radius 3 is 2.61 bits per heavy atom. The topological polar surface area (TPSA) is 46.3 Å². The van der Waals surface area contributed by atoms with Crippen molar-refractivity contribution in [3.63, 3.8) is 0 Å². The lowest BCUT2D eigenvalue weighted by Crippen LogP contribution is -2.18. The monoisotopic (exact) mass is 386 g/mol. The average Bonchev–Trinajstić information content (AvgIpc) is 3.11. The molecular weight excluding hydrogens is 369 g/mol. The summed E-state index contributed by atoms with van der Waals surface area (Å²) in [5.74, 6) is 1.33. The third-order valence-electron chi connectivity index (χ3n) is 5.54. The lowest BCUT2D eigenvalue weighted by atomic mass is 9.92. The first-order valence-corrected chi connectivity index (χ1v) is 8.92. The third-order valence-corrected chi connectivity index (χ3v) is 5.54. The van der Waals surface area contributed by atoms with Gasteiger partial charge in [0.1, 0.15) is 0 Å². The highest BCUT2D eigenvalue weighted by Gasteiger charge is 2.48. The van der Waals surface area contributed by atoms with E-state index < -0.39 is 17.2 Å². The molecule has 1 aliphatic carbocycles. The summed E-state index contributed by atoms with van der Waals surface area (Å²) in [7, 11) is 0. The average molecular weight is 386 g/mol. The van der Waals surface area contributed by atoms with Crippen LogP contribution in [0.3, 0.4) is 0 Å². The smallest absolute Gasteiger partial charge is 0.418 e. The van der Waals surface area contributed by atoms with Crippen molar-refractivity contribution >= 4 is 16.6 Å². The van der Waals surface area contributed by atoms with E-state index in [1.54, 1.807) is 12.3 Å². The molecule has 0 saturated heterocycles. The number of nitrogens with one attached hydrogen (secondary N) is 2. The third kappa shape index (κ3) is 2.61. The second-order valence-corrected chi connectivity index (χ2v) is 7.21. The Balaban J connectivity index is 1.50. The maximum Gasteiger partial charge on any atom is 0.418 e. The van der Waals surface area contributed by atoms with Crippen LogP contribution in [-0.4, -0.2) is 11.8 Å². The summed E-state index contributed by atoms with van der Waals surface area (Å²) >= 11 is 0. The molecule has 0 unspecified atom stereocenters. The van der Waals surface area contributed by atoms with Gasteiger partial charge in [0, 0.05) is 28.2 Å². The molecule has 0 bridgehead atoms. The first-order chi connectivity index (χ1) is 13.4. The number of hydrogen-bond donors (Lipinski definition) is 2. The van der Waals surface area contributed by atoms with Crippen molar-refractivity contribution in [2.24, 2.45) is 0 Å². The summed E-state index contributed by atoms with van der Waals surface area (Å²) in [6.45, 7) is 4.26. The minimum absolute atomic E-state index is 0.000492. The molecule has 0 spiro atoms. The maximum absolute atomic E-state index is 13.6. The second-order valence-electron chi connectivity index (χ2n) is 7.21. The number of hydrogen-bond acceptors (Lipinski definition) is 3. The fourth-order valence-electron chi connectivity index (χ4n) is 3.80. The van der Waals surface area contributed by atoms with Gasteiger partial charge in [0.2, 0.25) is 6.79 Å². The van der Waals surface area contributed by atoms with Crippen LogP contribution in [0.2, 0.25) is 0 Å². The molecule has 1 fully saturated rings. The highest BCUT2D eigenvalue weighted by Crippen LogP contribution is 2.55. The van der Waals surface area contributed by atoms with E-state index in [4.69, 9.17) is 9.47 Å². The zero-order valence-electron chi connectivity index (χ0n) is 14.8. The summed E-state index contributed by atoms with van der Waals surface area (Å²) in [4.78, 5) is 2.96. The van der Waals surface area contributed by atoms with Crippen LogP contribution in [0.15, 0.2) is 54.9 Å². The van der Waals surface area contributed by atoms with Crippen molar-refractivity contribution in [1.82, 2.24) is 4.98 Å². The number of alkyl halides is 3. The van der Waals surface area contributed by atoms with Gasteiger partial charge in [-0.3, -0.25) is 0 Å². The molecule has 3 aromatic rings. The summed E-state index contributed by atoms with van der Waals surface area (Å²) in [6.07, 6.45) is -1.23. The number of allylic oxidation sites excluding steroid dienone is 1. The number of halogens is 3. The first kappa shape index (κ1) is 17.0. The number of H-pyrrole nitrogens is 1. The quantitative estimate of drug-likeness (QED) is 0.616. The van der Waals surface area contributed by atoms with Gasteiger partial charge in [0.15, 0.2) is 11.5 Å². The minimum atomic E-state index is -4.47.